The standard InChI is InChI=1S/C9H10BrN3O2S/c1-12-9(14)13(8(11-12)15-2)6-3-4-16-7(6)5-10/h3-4H,5H2,1-2H3. The summed E-state index contributed by atoms with van der Waals surface area (Å²) >= 11 is 4.97. The van der Waals surface area contributed by atoms with Crippen molar-refractivity contribution >= 4 is 27.3 Å². The van der Waals surface area contributed by atoms with E-state index in [0.717, 1.165) is 10.6 Å². The van der Waals surface area contributed by atoms with Gasteiger partial charge in [-0.05, 0) is 11.4 Å². The average Bonchev–Trinajstić information content (AvgIpc) is 2.84. The van der Waals surface area contributed by atoms with Crippen molar-refractivity contribution in [3.05, 3.63) is 26.8 Å². The maximum Gasteiger partial charge on any atom is 0.353 e. The Hall–Kier alpha value is -1.08. The summed E-state index contributed by atoms with van der Waals surface area (Å²) in [5, 5.41) is 6.63. The molecule has 0 radical (unpaired) electrons. The van der Waals surface area contributed by atoms with Gasteiger partial charge in [-0.1, -0.05) is 15.9 Å². The van der Waals surface area contributed by atoms with E-state index < -0.39 is 0 Å². The van der Waals surface area contributed by atoms with Crippen LogP contribution in [0, 0.1) is 0 Å². The summed E-state index contributed by atoms with van der Waals surface area (Å²) < 4.78 is 7.81. The number of hydrogen-bond acceptors (Lipinski definition) is 4. The van der Waals surface area contributed by atoms with Crippen LogP contribution in [0.25, 0.3) is 5.69 Å². The summed E-state index contributed by atoms with van der Waals surface area (Å²) in [4.78, 5) is 13.0. The number of hydrogen-bond donors (Lipinski definition) is 0. The number of nitrogens with zero attached hydrogens (tertiary/aromatic N) is 3. The molecule has 0 saturated heterocycles. The normalized spacial score (nSPS) is 10.7. The van der Waals surface area contributed by atoms with Crippen LogP contribution in [0.15, 0.2) is 16.2 Å². The lowest BCUT2D eigenvalue weighted by molar-refractivity contribution is 0.368. The number of aromatic nitrogens is 3. The lowest BCUT2D eigenvalue weighted by Gasteiger charge is -2.03. The van der Waals surface area contributed by atoms with Crippen LogP contribution in [-0.4, -0.2) is 21.5 Å². The third kappa shape index (κ3) is 1.69. The zero-order valence-corrected chi connectivity index (χ0v) is 11.2. The van der Waals surface area contributed by atoms with Gasteiger partial charge in [0, 0.05) is 17.3 Å². The van der Waals surface area contributed by atoms with E-state index >= 15 is 0 Å². The molecule has 0 aliphatic carbocycles. The molecule has 0 atom stereocenters. The second kappa shape index (κ2) is 4.42. The van der Waals surface area contributed by atoms with Crippen LogP contribution in [0.5, 0.6) is 6.01 Å². The van der Waals surface area contributed by atoms with E-state index in [2.05, 4.69) is 21.0 Å². The predicted octanol–water partition coefficient (Wildman–Crippen LogP) is 1.54. The second-order valence-electron chi connectivity index (χ2n) is 3.09. The van der Waals surface area contributed by atoms with Crippen molar-refractivity contribution in [2.24, 2.45) is 7.05 Å². The van der Waals surface area contributed by atoms with Crippen LogP contribution in [-0.2, 0) is 12.4 Å². The largest absolute Gasteiger partial charge is 0.467 e. The molecule has 5 nitrogen and oxygen atoms in total. The van der Waals surface area contributed by atoms with Gasteiger partial charge in [0.05, 0.1) is 12.8 Å². The summed E-state index contributed by atoms with van der Waals surface area (Å²) in [6, 6.07) is 2.18. The van der Waals surface area contributed by atoms with Gasteiger partial charge in [0.1, 0.15) is 0 Å². The van der Waals surface area contributed by atoms with Crippen LogP contribution in [0.3, 0.4) is 0 Å². The minimum absolute atomic E-state index is 0.211. The molecule has 0 unspecified atom stereocenters. The van der Waals surface area contributed by atoms with Gasteiger partial charge in [-0.15, -0.1) is 16.4 Å². The summed E-state index contributed by atoms with van der Waals surface area (Å²) in [6.45, 7) is 0. The molecular formula is C9H10BrN3O2S. The SMILES string of the molecule is COc1nn(C)c(=O)n1-c1ccsc1CBr. The molecule has 0 bridgehead atoms. The highest BCUT2D eigenvalue weighted by Gasteiger charge is 2.16. The summed E-state index contributed by atoms with van der Waals surface area (Å²) in [5.41, 5.74) is 0.606. The highest BCUT2D eigenvalue weighted by molar-refractivity contribution is 9.08. The third-order valence-electron chi connectivity index (χ3n) is 2.16. The van der Waals surface area contributed by atoms with Gasteiger partial charge in [-0.2, -0.15) is 0 Å². The van der Waals surface area contributed by atoms with Gasteiger partial charge in [-0.3, -0.25) is 0 Å². The van der Waals surface area contributed by atoms with Crippen molar-refractivity contribution in [3.63, 3.8) is 0 Å². The Bertz CT molecular complexity index is 557. The molecule has 0 aliphatic rings. The summed E-state index contributed by atoms with van der Waals surface area (Å²) in [7, 11) is 3.10. The number of ether oxygens (including phenoxy) is 1. The monoisotopic (exact) mass is 303 g/mol. The zero-order valence-electron chi connectivity index (χ0n) is 8.81. The van der Waals surface area contributed by atoms with E-state index in [9.17, 15) is 4.79 Å². The minimum atomic E-state index is -0.211. The Balaban J connectivity index is 2.68. The van der Waals surface area contributed by atoms with E-state index in [0.29, 0.717) is 11.3 Å². The van der Waals surface area contributed by atoms with Crippen molar-refractivity contribution in [1.29, 1.82) is 0 Å². The Kier molecular flexibility index (Phi) is 3.15. The van der Waals surface area contributed by atoms with Crippen molar-refractivity contribution in [2.75, 3.05) is 7.11 Å². The Morgan fingerprint density at radius 2 is 2.38 bits per heavy atom. The van der Waals surface area contributed by atoms with Crippen molar-refractivity contribution < 1.29 is 4.74 Å². The number of methoxy groups -OCH3 is 1. The maximum absolute atomic E-state index is 11.9. The Morgan fingerprint density at radius 3 is 3.00 bits per heavy atom. The van der Waals surface area contributed by atoms with Gasteiger partial charge >= 0.3 is 11.7 Å². The Labute approximate surface area is 104 Å². The fourth-order valence-corrected chi connectivity index (χ4v) is 2.80. The second-order valence-corrected chi connectivity index (χ2v) is 4.65. The first kappa shape index (κ1) is 11.4. The van der Waals surface area contributed by atoms with E-state index in [1.165, 1.54) is 16.4 Å². The predicted molar refractivity (Wildman–Crippen MR) is 65.9 cm³/mol. The van der Waals surface area contributed by atoms with Crippen molar-refractivity contribution in [2.45, 2.75) is 5.33 Å². The van der Waals surface area contributed by atoms with Gasteiger partial charge in [0.25, 0.3) is 0 Å². The molecule has 2 aromatic heterocycles. The summed E-state index contributed by atoms with van der Waals surface area (Å²) in [5.74, 6) is 0. The van der Waals surface area contributed by atoms with E-state index in [1.807, 2.05) is 11.4 Å². The maximum atomic E-state index is 11.9. The van der Waals surface area contributed by atoms with Gasteiger partial charge in [-0.25, -0.2) is 14.0 Å². The zero-order chi connectivity index (χ0) is 11.7. The van der Waals surface area contributed by atoms with E-state index in [4.69, 9.17) is 4.74 Å². The molecule has 0 aliphatic heterocycles. The molecule has 0 amide bonds. The lowest BCUT2D eigenvalue weighted by atomic mass is 10.4. The molecular weight excluding hydrogens is 294 g/mol. The molecule has 2 heterocycles. The van der Waals surface area contributed by atoms with Crippen LogP contribution >= 0.6 is 27.3 Å². The first-order chi connectivity index (χ1) is 7.69. The molecule has 7 heteroatoms. The first-order valence-electron chi connectivity index (χ1n) is 4.51. The topological polar surface area (TPSA) is 49.1 Å². The number of halogens is 1. The van der Waals surface area contributed by atoms with Crippen LogP contribution in [0.2, 0.25) is 0 Å². The number of alkyl halides is 1. The smallest absolute Gasteiger partial charge is 0.353 e. The molecule has 0 aromatic carbocycles. The lowest BCUT2D eigenvalue weighted by Crippen LogP contribution is -2.21. The molecule has 2 rings (SSSR count). The van der Waals surface area contributed by atoms with Gasteiger partial charge in [0.15, 0.2) is 0 Å². The number of aryl methyl sites for hydroxylation is 1. The van der Waals surface area contributed by atoms with Gasteiger partial charge in [0.2, 0.25) is 0 Å². The highest BCUT2D eigenvalue weighted by atomic mass is 79.9. The highest BCUT2D eigenvalue weighted by Crippen LogP contribution is 2.24. The molecule has 0 fully saturated rings. The molecule has 0 spiro atoms. The Morgan fingerprint density at radius 1 is 1.62 bits per heavy atom. The minimum Gasteiger partial charge on any atom is -0.467 e. The summed E-state index contributed by atoms with van der Waals surface area (Å²) in [6.07, 6.45) is 0. The average molecular weight is 304 g/mol. The number of rotatable bonds is 3. The van der Waals surface area contributed by atoms with E-state index in [-0.39, 0.29) is 5.69 Å². The fourth-order valence-electron chi connectivity index (χ4n) is 1.41. The van der Waals surface area contributed by atoms with Crippen LogP contribution in [0.1, 0.15) is 4.88 Å². The number of thiophene rings is 1. The third-order valence-corrected chi connectivity index (χ3v) is 4.00. The molecule has 16 heavy (non-hydrogen) atoms. The molecule has 0 N–H and O–H groups in total. The fraction of sp³-hybridized carbons (Fsp3) is 0.333. The molecule has 0 saturated carbocycles. The molecule has 86 valence electrons. The van der Waals surface area contributed by atoms with Gasteiger partial charge < -0.3 is 4.74 Å². The quantitative estimate of drug-likeness (QED) is 0.808. The van der Waals surface area contributed by atoms with E-state index in [1.54, 1.807) is 18.4 Å². The van der Waals surface area contributed by atoms with Crippen molar-refractivity contribution in [3.8, 4) is 11.7 Å². The van der Waals surface area contributed by atoms with Crippen LogP contribution < -0.4 is 10.4 Å². The van der Waals surface area contributed by atoms with Crippen molar-refractivity contribution in [1.82, 2.24) is 14.3 Å². The van der Waals surface area contributed by atoms with Crippen LogP contribution in [0.4, 0.5) is 0 Å². The first-order valence-corrected chi connectivity index (χ1v) is 6.52. The molecule has 2 aromatic rings.